The quantitative estimate of drug-likeness (QED) is 0.450. The van der Waals surface area contributed by atoms with Crippen LogP contribution < -0.4 is 15.8 Å². The van der Waals surface area contributed by atoms with Crippen LogP contribution in [0.5, 0.6) is 5.75 Å². The van der Waals surface area contributed by atoms with Crippen LogP contribution >= 0.6 is 12.4 Å². The number of benzene rings is 3. The Morgan fingerprint density at radius 1 is 0.875 bits per heavy atom. The molecule has 0 bridgehead atoms. The molecule has 2 aliphatic rings. The van der Waals surface area contributed by atoms with E-state index in [1.807, 2.05) is 0 Å². The third-order valence-corrected chi connectivity index (χ3v) is 7.18. The summed E-state index contributed by atoms with van der Waals surface area (Å²) in [6.07, 6.45) is 1.40. The minimum atomic E-state index is -0.466. The zero-order chi connectivity index (χ0) is 27.4. The molecule has 0 radical (unpaired) electrons. The lowest BCUT2D eigenvalue weighted by atomic mass is 10.0. The Morgan fingerprint density at radius 2 is 1.55 bits per heavy atom. The maximum Gasteiger partial charge on any atom is 0.254 e. The van der Waals surface area contributed by atoms with E-state index in [9.17, 15) is 18.4 Å². The van der Waals surface area contributed by atoms with Crippen molar-refractivity contribution in [2.75, 3.05) is 45.8 Å². The molecular weight excluding hydrogens is 538 g/mol. The van der Waals surface area contributed by atoms with Gasteiger partial charge in [-0.3, -0.25) is 9.59 Å². The summed E-state index contributed by atoms with van der Waals surface area (Å²) >= 11 is 0. The Morgan fingerprint density at radius 3 is 2.17 bits per heavy atom. The Balaban J connectivity index is 0.00000370. The number of halogens is 3. The molecule has 212 valence electrons. The highest BCUT2D eigenvalue weighted by Crippen LogP contribution is 2.33. The van der Waals surface area contributed by atoms with Crippen molar-refractivity contribution >= 4 is 24.2 Å². The summed E-state index contributed by atoms with van der Waals surface area (Å²) in [7, 11) is 0. The molecule has 5 rings (SSSR count). The first-order valence-electron chi connectivity index (χ1n) is 13.3. The largest absolute Gasteiger partial charge is 0.488 e. The summed E-state index contributed by atoms with van der Waals surface area (Å²) in [5, 5.41) is 3.28. The van der Waals surface area contributed by atoms with Crippen LogP contribution in [0.3, 0.4) is 0 Å². The van der Waals surface area contributed by atoms with Gasteiger partial charge >= 0.3 is 0 Å². The van der Waals surface area contributed by atoms with Gasteiger partial charge in [0.25, 0.3) is 11.8 Å². The van der Waals surface area contributed by atoms with Crippen molar-refractivity contribution < 1.29 is 23.1 Å². The first kappa shape index (κ1) is 29.5. The molecule has 2 fully saturated rings. The number of ether oxygens (including phenoxy) is 1. The predicted octanol–water partition coefficient (Wildman–Crippen LogP) is 3.89. The molecule has 0 aliphatic carbocycles. The van der Waals surface area contributed by atoms with Gasteiger partial charge in [0.05, 0.1) is 0 Å². The number of rotatable bonds is 7. The molecule has 1 atom stereocenters. The summed E-state index contributed by atoms with van der Waals surface area (Å²) < 4.78 is 33.9. The van der Waals surface area contributed by atoms with E-state index >= 15 is 0 Å². The maximum absolute atomic E-state index is 14.1. The molecule has 2 saturated heterocycles. The Kier molecular flexibility index (Phi) is 9.73. The predicted molar refractivity (Wildman–Crippen MR) is 152 cm³/mol. The van der Waals surface area contributed by atoms with Crippen LogP contribution in [0.1, 0.15) is 32.7 Å². The lowest BCUT2D eigenvalue weighted by Gasteiger charge is -2.35. The van der Waals surface area contributed by atoms with Crippen molar-refractivity contribution in [1.82, 2.24) is 15.1 Å². The molecule has 10 heteroatoms. The summed E-state index contributed by atoms with van der Waals surface area (Å²) in [6.45, 7) is 3.39. The van der Waals surface area contributed by atoms with Gasteiger partial charge in [-0.15, -0.1) is 12.4 Å². The Hall–Kier alpha value is -3.53. The molecule has 0 saturated carbocycles. The number of carbonyl (C=O) groups excluding carboxylic acids is 2. The molecular formula is C30H33ClF2N4O3. The lowest BCUT2D eigenvalue weighted by molar-refractivity contribution is 0.0535. The van der Waals surface area contributed by atoms with Crippen LogP contribution in [-0.2, 0) is 6.42 Å². The smallest absolute Gasteiger partial charge is 0.254 e. The van der Waals surface area contributed by atoms with Gasteiger partial charge in [0.1, 0.15) is 23.5 Å². The molecule has 0 spiro atoms. The molecule has 3 aromatic rings. The zero-order valence-corrected chi connectivity index (χ0v) is 22.9. The lowest BCUT2D eigenvalue weighted by Crippen LogP contribution is -2.50. The number of piperazine rings is 1. The number of nitrogens with one attached hydrogen (secondary N) is 1. The van der Waals surface area contributed by atoms with Gasteiger partial charge in [-0.1, -0.05) is 12.1 Å². The molecule has 0 aromatic heterocycles. The average Bonchev–Trinajstić information content (AvgIpc) is 3.46. The first-order valence-corrected chi connectivity index (χ1v) is 13.3. The van der Waals surface area contributed by atoms with Gasteiger partial charge in [0.2, 0.25) is 0 Å². The second-order valence-corrected chi connectivity index (χ2v) is 9.92. The van der Waals surface area contributed by atoms with Crippen LogP contribution in [-0.4, -0.2) is 73.5 Å². The molecule has 3 aromatic carbocycles. The third kappa shape index (κ3) is 6.78. The standard InChI is InChI=1S/C30H32F2N4O3.ClH/c31-24-4-1-21(2-5-24)27-18-22(3-6-28(27)39-26-8-10-34-19-26)29(37)35-11-13-36(14-12-35)30(38)23-15-20(7-9-33)16-25(32)17-23;/h1-6,15-18,26,34H,7-14,19,33H2;1H/t26-;/m0./s1. The summed E-state index contributed by atoms with van der Waals surface area (Å²) in [5.74, 6) is -0.579. The number of nitrogens with two attached hydrogens (primary N) is 1. The average molecular weight is 571 g/mol. The second-order valence-electron chi connectivity index (χ2n) is 9.92. The van der Waals surface area contributed by atoms with Crippen molar-refractivity contribution in [3.63, 3.8) is 0 Å². The van der Waals surface area contributed by atoms with E-state index in [0.717, 1.165) is 30.6 Å². The maximum atomic E-state index is 14.1. The molecule has 7 nitrogen and oxygen atoms in total. The van der Waals surface area contributed by atoms with Crippen LogP contribution in [0.15, 0.2) is 60.7 Å². The van der Waals surface area contributed by atoms with E-state index in [-0.39, 0.29) is 41.7 Å². The summed E-state index contributed by atoms with van der Waals surface area (Å²) in [6, 6.07) is 15.8. The minimum absolute atomic E-state index is 0. The molecule has 2 aliphatic heterocycles. The summed E-state index contributed by atoms with van der Waals surface area (Å²) in [5.41, 5.74) is 8.52. The van der Waals surface area contributed by atoms with Crippen LogP contribution in [0, 0.1) is 11.6 Å². The Bertz CT molecular complexity index is 1340. The first-order chi connectivity index (χ1) is 18.9. The monoisotopic (exact) mass is 570 g/mol. The number of amides is 2. The van der Waals surface area contributed by atoms with Gasteiger partial charge in [0, 0.05) is 49.4 Å². The fourth-order valence-electron chi connectivity index (χ4n) is 5.09. The number of hydrogen-bond donors (Lipinski definition) is 2. The number of nitrogens with zero attached hydrogens (tertiary/aromatic N) is 2. The van der Waals surface area contributed by atoms with Crippen molar-refractivity contribution in [3.8, 4) is 16.9 Å². The highest BCUT2D eigenvalue weighted by molar-refractivity contribution is 5.97. The van der Waals surface area contributed by atoms with Gasteiger partial charge in [-0.05, 0) is 85.6 Å². The molecule has 2 heterocycles. The van der Waals surface area contributed by atoms with Crippen molar-refractivity contribution in [3.05, 3.63) is 89.0 Å². The van der Waals surface area contributed by atoms with Gasteiger partial charge in [-0.25, -0.2) is 8.78 Å². The summed E-state index contributed by atoms with van der Waals surface area (Å²) in [4.78, 5) is 29.8. The molecule has 2 amide bonds. The minimum Gasteiger partial charge on any atom is -0.488 e. The van der Waals surface area contributed by atoms with Crippen molar-refractivity contribution in [2.24, 2.45) is 5.73 Å². The fraction of sp³-hybridized carbons (Fsp3) is 0.333. The molecule has 3 N–H and O–H groups in total. The Labute approximate surface area is 238 Å². The van der Waals surface area contributed by atoms with E-state index in [2.05, 4.69) is 5.32 Å². The van der Waals surface area contributed by atoms with Gasteiger partial charge in [0.15, 0.2) is 0 Å². The highest BCUT2D eigenvalue weighted by atomic mass is 35.5. The normalized spacial score (nSPS) is 16.9. The highest BCUT2D eigenvalue weighted by Gasteiger charge is 2.27. The molecule has 0 unspecified atom stereocenters. The molecule has 40 heavy (non-hydrogen) atoms. The van der Waals surface area contributed by atoms with E-state index in [1.165, 1.54) is 24.3 Å². The van der Waals surface area contributed by atoms with Crippen LogP contribution in [0.4, 0.5) is 8.78 Å². The zero-order valence-electron chi connectivity index (χ0n) is 22.1. The third-order valence-electron chi connectivity index (χ3n) is 7.18. The van der Waals surface area contributed by atoms with Crippen LogP contribution in [0.25, 0.3) is 11.1 Å². The van der Waals surface area contributed by atoms with Gasteiger partial charge in [-0.2, -0.15) is 0 Å². The van der Waals surface area contributed by atoms with Gasteiger partial charge < -0.3 is 25.6 Å². The fourth-order valence-corrected chi connectivity index (χ4v) is 5.09. The van der Waals surface area contributed by atoms with E-state index < -0.39 is 5.82 Å². The number of hydrogen-bond acceptors (Lipinski definition) is 5. The van der Waals surface area contributed by atoms with Crippen LogP contribution in [0.2, 0.25) is 0 Å². The van der Waals surface area contributed by atoms with E-state index in [0.29, 0.717) is 56.0 Å². The van der Waals surface area contributed by atoms with Crippen molar-refractivity contribution in [1.29, 1.82) is 0 Å². The second kappa shape index (κ2) is 13.2. The number of carbonyl (C=O) groups is 2. The van der Waals surface area contributed by atoms with E-state index in [1.54, 1.807) is 46.2 Å². The van der Waals surface area contributed by atoms with E-state index in [4.69, 9.17) is 10.5 Å². The van der Waals surface area contributed by atoms with Crippen molar-refractivity contribution in [2.45, 2.75) is 18.9 Å². The topological polar surface area (TPSA) is 87.9 Å². The SMILES string of the molecule is Cl.NCCc1cc(F)cc(C(=O)N2CCN(C(=O)c3ccc(O[C@H]4CCNC4)c(-c4ccc(F)cc4)c3)CC2)c1.